The predicted octanol–water partition coefficient (Wildman–Crippen LogP) is 4.03. The molecule has 0 fully saturated rings. The normalized spacial score (nSPS) is 12.4. The monoisotopic (exact) mass is 285 g/mol. The Kier molecular flexibility index (Phi) is 5.71. The number of rotatable bonds is 6. The molecule has 0 aromatic heterocycles. The molecule has 0 aliphatic heterocycles. The van der Waals surface area contributed by atoms with Crippen LogP contribution in [0.2, 0.25) is 0 Å². The number of hydrogen-bond acceptors (Lipinski definition) is 1. The summed E-state index contributed by atoms with van der Waals surface area (Å²) in [6, 6.07) is 5.52. The van der Waals surface area contributed by atoms with Crippen molar-refractivity contribution in [1.29, 1.82) is 0 Å². The van der Waals surface area contributed by atoms with E-state index in [1.165, 1.54) is 6.07 Å². The van der Waals surface area contributed by atoms with Crippen molar-refractivity contribution in [2.75, 3.05) is 0 Å². The van der Waals surface area contributed by atoms with Crippen LogP contribution in [0.25, 0.3) is 0 Å². The molecule has 0 saturated carbocycles. The van der Waals surface area contributed by atoms with E-state index < -0.39 is 0 Å². The maximum atomic E-state index is 13.5. The molecular formula is C13H17BrFN. The van der Waals surface area contributed by atoms with E-state index in [2.05, 4.69) is 34.7 Å². The molecule has 1 N–H and O–H groups in total. The molecule has 0 saturated heterocycles. The van der Waals surface area contributed by atoms with Gasteiger partial charge in [0.2, 0.25) is 0 Å². The average Bonchev–Trinajstić information content (AvgIpc) is 2.25. The van der Waals surface area contributed by atoms with Gasteiger partial charge in [0.25, 0.3) is 0 Å². The number of halogens is 2. The maximum absolute atomic E-state index is 13.5. The fourth-order valence-corrected chi connectivity index (χ4v) is 1.75. The highest BCUT2D eigenvalue weighted by atomic mass is 79.9. The van der Waals surface area contributed by atoms with Gasteiger partial charge < -0.3 is 5.32 Å². The van der Waals surface area contributed by atoms with Crippen LogP contribution in [-0.2, 0) is 6.54 Å². The third-order valence-electron chi connectivity index (χ3n) is 2.46. The minimum absolute atomic E-state index is 0.169. The molecule has 0 radical (unpaired) electrons. The SMILES string of the molecule is C=CCCC(C)NCc1ccc(Br)cc1F. The second-order valence-electron chi connectivity index (χ2n) is 3.88. The predicted molar refractivity (Wildman–Crippen MR) is 69.8 cm³/mol. The Morgan fingerprint density at radius 2 is 2.31 bits per heavy atom. The second-order valence-corrected chi connectivity index (χ2v) is 4.80. The molecule has 0 amide bonds. The zero-order valence-corrected chi connectivity index (χ0v) is 11.1. The summed E-state index contributed by atoms with van der Waals surface area (Å²) in [5.41, 5.74) is 0.702. The van der Waals surface area contributed by atoms with Crippen LogP contribution in [0.4, 0.5) is 4.39 Å². The van der Waals surface area contributed by atoms with E-state index in [0.717, 1.165) is 17.3 Å². The van der Waals surface area contributed by atoms with E-state index in [1.807, 2.05) is 12.1 Å². The van der Waals surface area contributed by atoms with E-state index in [-0.39, 0.29) is 5.82 Å². The summed E-state index contributed by atoms with van der Waals surface area (Å²) in [7, 11) is 0. The minimum atomic E-state index is -0.169. The van der Waals surface area contributed by atoms with E-state index >= 15 is 0 Å². The highest BCUT2D eigenvalue weighted by Gasteiger charge is 2.04. The minimum Gasteiger partial charge on any atom is -0.310 e. The van der Waals surface area contributed by atoms with Gasteiger partial charge in [0.05, 0.1) is 0 Å². The van der Waals surface area contributed by atoms with E-state index in [4.69, 9.17) is 0 Å². The molecular weight excluding hydrogens is 269 g/mol. The van der Waals surface area contributed by atoms with Gasteiger partial charge in [-0.25, -0.2) is 4.39 Å². The molecule has 1 aromatic rings. The van der Waals surface area contributed by atoms with Crippen LogP contribution in [0.5, 0.6) is 0 Å². The molecule has 1 atom stereocenters. The zero-order chi connectivity index (χ0) is 12.0. The molecule has 1 rings (SSSR count). The van der Waals surface area contributed by atoms with E-state index in [0.29, 0.717) is 18.2 Å². The van der Waals surface area contributed by atoms with Crippen molar-refractivity contribution in [3.8, 4) is 0 Å². The van der Waals surface area contributed by atoms with Crippen LogP contribution in [0.1, 0.15) is 25.3 Å². The second kappa shape index (κ2) is 6.81. The third-order valence-corrected chi connectivity index (χ3v) is 2.95. The lowest BCUT2D eigenvalue weighted by Crippen LogP contribution is -2.25. The van der Waals surface area contributed by atoms with Crippen LogP contribution < -0.4 is 5.32 Å². The van der Waals surface area contributed by atoms with Gasteiger partial charge in [-0.3, -0.25) is 0 Å². The Hall–Kier alpha value is -0.670. The quantitative estimate of drug-likeness (QED) is 0.778. The van der Waals surface area contributed by atoms with E-state index in [1.54, 1.807) is 6.07 Å². The number of nitrogens with one attached hydrogen (secondary N) is 1. The molecule has 0 aliphatic carbocycles. The highest BCUT2D eigenvalue weighted by Crippen LogP contribution is 2.15. The van der Waals surface area contributed by atoms with Crippen molar-refractivity contribution in [1.82, 2.24) is 5.32 Å². The number of allylic oxidation sites excluding steroid dienone is 1. The Bertz CT molecular complexity index is 352. The van der Waals surface area contributed by atoms with Gasteiger partial charge in [-0.2, -0.15) is 0 Å². The van der Waals surface area contributed by atoms with Crippen molar-refractivity contribution in [2.24, 2.45) is 0 Å². The van der Waals surface area contributed by atoms with Gasteiger partial charge in [-0.15, -0.1) is 6.58 Å². The highest BCUT2D eigenvalue weighted by molar-refractivity contribution is 9.10. The lowest BCUT2D eigenvalue weighted by molar-refractivity contribution is 0.504. The lowest BCUT2D eigenvalue weighted by Gasteiger charge is -2.13. The van der Waals surface area contributed by atoms with Gasteiger partial charge in [0.1, 0.15) is 5.82 Å². The topological polar surface area (TPSA) is 12.0 Å². The molecule has 88 valence electrons. The largest absolute Gasteiger partial charge is 0.310 e. The summed E-state index contributed by atoms with van der Waals surface area (Å²) in [5, 5.41) is 3.29. The Labute approximate surface area is 105 Å². The van der Waals surface area contributed by atoms with Crippen molar-refractivity contribution in [2.45, 2.75) is 32.4 Å². The first-order valence-electron chi connectivity index (χ1n) is 5.41. The fraction of sp³-hybridized carbons (Fsp3) is 0.385. The first-order chi connectivity index (χ1) is 7.63. The molecule has 1 nitrogen and oxygen atoms in total. The summed E-state index contributed by atoms with van der Waals surface area (Å²) in [6.07, 6.45) is 3.91. The van der Waals surface area contributed by atoms with Crippen LogP contribution in [0.3, 0.4) is 0 Å². The Morgan fingerprint density at radius 3 is 2.94 bits per heavy atom. The summed E-state index contributed by atoms with van der Waals surface area (Å²) < 4.78 is 14.2. The fourth-order valence-electron chi connectivity index (χ4n) is 1.42. The summed E-state index contributed by atoms with van der Waals surface area (Å²) in [6.45, 7) is 6.35. The van der Waals surface area contributed by atoms with Crippen LogP contribution >= 0.6 is 15.9 Å². The van der Waals surface area contributed by atoms with Gasteiger partial charge in [0.15, 0.2) is 0 Å². The maximum Gasteiger partial charge on any atom is 0.128 e. The lowest BCUT2D eigenvalue weighted by atomic mass is 10.1. The van der Waals surface area contributed by atoms with Crippen molar-refractivity contribution < 1.29 is 4.39 Å². The van der Waals surface area contributed by atoms with Gasteiger partial charge in [-0.05, 0) is 31.9 Å². The first kappa shape index (κ1) is 13.4. The average molecular weight is 286 g/mol. The summed E-state index contributed by atoms with van der Waals surface area (Å²) >= 11 is 3.24. The smallest absolute Gasteiger partial charge is 0.128 e. The van der Waals surface area contributed by atoms with Gasteiger partial charge >= 0.3 is 0 Å². The first-order valence-corrected chi connectivity index (χ1v) is 6.21. The molecule has 1 aromatic carbocycles. The van der Waals surface area contributed by atoms with Crippen molar-refractivity contribution in [3.05, 3.63) is 46.7 Å². The van der Waals surface area contributed by atoms with E-state index in [9.17, 15) is 4.39 Å². The molecule has 16 heavy (non-hydrogen) atoms. The van der Waals surface area contributed by atoms with Crippen LogP contribution in [0.15, 0.2) is 35.3 Å². The van der Waals surface area contributed by atoms with Crippen molar-refractivity contribution >= 4 is 15.9 Å². The van der Waals surface area contributed by atoms with Crippen LogP contribution in [-0.4, -0.2) is 6.04 Å². The molecule has 3 heteroatoms. The zero-order valence-electron chi connectivity index (χ0n) is 9.47. The standard InChI is InChI=1S/C13H17BrFN/c1-3-4-5-10(2)16-9-11-6-7-12(14)8-13(11)15/h3,6-8,10,16H,1,4-5,9H2,2H3. The Morgan fingerprint density at radius 1 is 1.56 bits per heavy atom. The van der Waals surface area contributed by atoms with Gasteiger partial charge in [-0.1, -0.05) is 28.1 Å². The molecule has 0 heterocycles. The van der Waals surface area contributed by atoms with Crippen molar-refractivity contribution in [3.63, 3.8) is 0 Å². The number of benzene rings is 1. The van der Waals surface area contributed by atoms with Crippen LogP contribution in [0, 0.1) is 5.82 Å². The molecule has 0 spiro atoms. The molecule has 0 bridgehead atoms. The Balaban J connectivity index is 2.44. The number of hydrogen-bond donors (Lipinski definition) is 1. The van der Waals surface area contributed by atoms with Gasteiger partial charge in [0, 0.05) is 22.6 Å². The summed E-state index contributed by atoms with van der Waals surface area (Å²) in [5.74, 6) is -0.169. The summed E-state index contributed by atoms with van der Waals surface area (Å²) in [4.78, 5) is 0. The third kappa shape index (κ3) is 4.45. The molecule has 0 aliphatic rings. The molecule has 1 unspecified atom stereocenters.